The number of aryl methyl sites for hydroxylation is 4. The molecular weight excluding hydrogens is 969 g/mol. The maximum Gasteiger partial charge on any atom is 0.0960 e. The van der Waals surface area contributed by atoms with Gasteiger partial charge in [-0.3, -0.25) is 19.3 Å². The Labute approximate surface area is 456 Å². The van der Waals surface area contributed by atoms with Crippen molar-refractivity contribution in [2.24, 2.45) is 37.8 Å². The zero-order chi connectivity index (χ0) is 53.5. The molecule has 14 rings (SSSR count). The highest BCUT2D eigenvalue weighted by atomic mass is 16.5. The first-order valence-electron chi connectivity index (χ1n) is 28.4. The number of rotatable bonds is 12. The first-order valence-corrected chi connectivity index (χ1v) is 28.4. The van der Waals surface area contributed by atoms with Gasteiger partial charge in [0.05, 0.1) is 80.2 Å². The molecule has 2 aliphatic heterocycles. The molecule has 4 fully saturated rings. The SMILES string of the molecule is Cc1cnn(C)c1-c1cnc2c3ccc(C(C)(O)C4CC4)cc3n([C@H](c3ccccc3)C3CCOCC3)c2c1.Cc1cnn(C)c1-c1cnc2c3ccc(C(C)(O)C4CC4)cc3n([C@H](c3ccccc3)C3CCOCC3)c2c1. The van der Waals surface area contributed by atoms with Crippen LogP contribution in [-0.2, 0) is 34.8 Å². The zero-order valence-corrected chi connectivity index (χ0v) is 45.9. The molecule has 0 bridgehead atoms. The standard InChI is InChI=1S/2C33H36N4O2/c2*1-21-19-35-36(3)31(21)24-17-29-30(34-20-24)27-12-11-26(33(2,38)25-9-10-25)18-28(27)37(29)32(22-7-5-4-6-8-22)23-13-15-39-16-14-23/h2*4-8,11-12,17-20,23,25,32,38H,9-10,13-16H2,1-3H3/t2*32-,33?/m11/s1. The largest absolute Gasteiger partial charge is 0.385 e. The summed E-state index contributed by atoms with van der Waals surface area (Å²) in [6, 6.07) is 39.6. The summed E-state index contributed by atoms with van der Waals surface area (Å²) in [5.41, 5.74) is 16.0. The van der Waals surface area contributed by atoms with E-state index in [1.807, 2.05) is 62.1 Å². The van der Waals surface area contributed by atoms with Crippen LogP contribution in [0.2, 0.25) is 0 Å². The first kappa shape index (κ1) is 50.5. The summed E-state index contributed by atoms with van der Waals surface area (Å²) in [6.45, 7) is 11.3. The van der Waals surface area contributed by atoms with Crippen LogP contribution in [0.25, 0.3) is 66.4 Å². The van der Waals surface area contributed by atoms with Crippen molar-refractivity contribution in [2.75, 3.05) is 26.4 Å². The van der Waals surface area contributed by atoms with Crippen molar-refractivity contribution in [1.29, 1.82) is 0 Å². The van der Waals surface area contributed by atoms with Crippen molar-refractivity contribution in [3.8, 4) is 22.5 Å². The second-order valence-electron chi connectivity index (χ2n) is 23.4. The number of fused-ring (bicyclic) bond motifs is 6. The molecule has 0 radical (unpaired) electrons. The van der Waals surface area contributed by atoms with Crippen LogP contribution in [0.5, 0.6) is 0 Å². The second-order valence-corrected chi connectivity index (χ2v) is 23.4. The molecule has 2 unspecified atom stereocenters. The Bertz CT molecular complexity index is 3520. The highest BCUT2D eigenvalue weighted by Gasteiger charge is 2.43. The van der Waals surface area contributed by atoms with Gasteiger partial charge in [0.1, 0.15) is 0 Å². The molecule has 12 heteroatoms. The van der Waals surface area contributed by atoms with Crippen LogP contribution < -0.4 is 0 Å². The molecule has 78 heavy (non-hydrogen) atoms. The van der Waals surface area contributed by atoms with Crippen LogP contribution in [0, 0.1) is 37.5 Å². The number of hydrogen-bond acceptors (Lipinski definition) is 8. The lowest BCUT2D eigenvalue weighted by Gasteiger charge is -2.33. The minimum Gasteiger partial charge on any atom is -0.385 e. The Morgan fingerprint density at radius 1 is 0.487 bits per heavy atom. The topological polar surface area (TPSA) is 130 Å². The van der Waals surface area contributed by atoms with Gasteiger partial charge in [0.15, 0.2) is 0 Å². The molecule has 2 saturated carbocycles. The van der Waals surface area contributed by atoms with E-state index in [0.29, 0.717) is 23.7 Å². The van der Waals surface area contributed by atoms with E-state index in [1.165, 1.54) is 11.1 Å². The van der Waals surface area contributed by atoms with Gasteiger partial charge in [0.2, 0.25) is 0 Å². The average molecular weight is 1040 g/mol. The van der Waals surface area contributed by atoms with Crippen molar-refractivity contribution in [3.63, 3.8) is 0 Å². The average Bonchev–Trinajstić information content (AvgIpc) is 4.59. The van der Waals surface area contributed by atoms with Gasteiger partial charge in [-0.15, -0.1) is 0 Å². The smallest absolute Gasteiger partial charge is 0.0960 e. The number of benzene rings is 4. The quantitative estimate of drug-likeness (QED) is 0.124. The molecule has 4 aromatic carbocycles. The van der Waals surface area contributed by atoms with E-state index in [4.69, 9.17) is 19.4 Å². The van der Waals surface area contributed by atoms with Crippen LogP contribution in [0.1, 0.15) is 111 Å². The molecule has 2 aliphatic carbocycles. The third-order valence-corrected chi connectivity index (χ3v) is 18.2. The lowest BCUT2D eigenvalue weighted by atomic mass is 9.86. The van der Waals surface area contributed by atoms with Crippen LogP contribution >= 0.6 is 0 Å². The number of hydrogen-bond donors (Lipinski definition) is 2. The number of nitrogens with zero attached hydrogens (tertiary/aromatic N) is 8. The minimum atomic E-state index is -0.833. The molecule has 4 aliphatic rings. The van der Waals surface area contributed by atoms with Crippen molar-refractivity contribution in [3.05, 3.63) is 167 Å². The van der Waals surface area contributed by atoms with Crippen molar-refractivity contribution in [2.45, 2.75) is 102 Å². The third-order valence-electron chi connectivity index (χ3n) is 18.2. The Balaban J connectivity index is 0.000000148. The van der Waals surface area contributed by atoms with E-state index in [0.717, 1.165) is 166 Å². The van der Waals surface area contributed by atoms with E-state index in [-0.39, 0.29) is 12.1 Å². The summed E-state index contributed by atoms with van der Waals surface area (Å²) < 4.78 is 20.5. The molecule has 2 N–H and O–H groups in total. The fraction of sp³-hybridized carbons (Fsp3) is 0.394. The maximum atomic E-state index is 11.5. The number of pyridine rings is 2. The number of aromatic nitrogens is 8. The highest BCUT2D eigenvalue weighted by Crippen LogP contribution is 2.50. The van der Waals surface area contributed by atoms with Crippen molar-refractivity contribution < 1.29 is 19.7 Å². The lowest BCUT2D eigenvalue weighted by Crippen LogP contribution is -2.27. The molecule has 10 aromatic rings. The van der Waals surface area contributed by atoms with Gasteiger partial charge in [0, 0.05) is 74.8 Å². The van der Waals surface area contributed by atoms with E-state index < -0.39 is 11.2 Å². The molecule has 6 aromatic heterocycles. The number of ether oxygens (including phenoxy) is 2. The van der Waals surface area contributed by atoms with E-state index in [2.05, 4.69) is 142 Å². The summed E-state index contributed by atoms with van der Waals surface area (Å²) in [7, 11) is 3.98. The minimum absolute atomic E-state index is 0.126. The van der Waals surface area contributed by atoms with Gasteiger partial charge in [0.25, 0.3) is 0 Å². The molecular formula is C66H72N8O4. The van der Waals surface area contributed by atoms with Crippen LogP contribution in [0.3, 0.4) is 0 Å². The highest BCUT2D eigenvalue weighted by molar-refractivity contribution is 6.08. The first-order chi connectivity index (χ1) is 37.9. The predicted octanol–water partition coefficient (Wildman–Crippen LogP) is 13.1. The summed E-state index contributed by atoms with van der Waals surface area (Å²) in [4.78, 5) is 10.2. The Kier molecular flexibility index (Phi) is 13.0. The molecule has 2 saturated heterocycles. The van der Waals surface area contributed by atoms with Gasteiger partial charge in [-0.2, -0.15) is 10.2 Å². The second kappa shape index (κ2) is 20.0. The van der Waals surface area contributed by atoms with Gasteiger partial charge in [-0.05, 0) is 160 Å². The zero-order valence-electron chi connectivity index (χ0n) is 45.9. The van der Waals surface area contributed by atoms with Crippen molar-refractivity contribution >= 4 is 43.9 Å². The van der Waals surface area contributed by atoms with Gasteiger partial charge in [-0.25, -0.2) is 0 Å². The van der Waals surface area contributed by atoms with E-state index in [9.17, 15) is 10.2 Å². The molecule has 4 atom stereocenters. The van der Waals surface area contributed by atoms with Crippen LogP contribution in [0.4, 0.5) is 0 Å². The van der Waals surface area contributed by atoms with Gasteiger partial charge < -0.3 is 28.8 Å². The van der Waals surface area contributed by atoms with Crippen LogP contribution in [-0.4, -0.2) is 75.3 Å². The summed E-state index contributed by atoms with van der Waals surface area (Å²) in [5, 5.41) is 34.3. The van der Waals surface area contributed by atoms with Gasteiger partial charge >= 0.3 is 0 Å². The predicted molar refractivity (Wildman–Crippen MR) is 309 cm³/mol. The molecule has 0 spiro atoms. The summed E-state index contributed by atoms with van der Waals surface area (Å²) >= 11 is 0. The Morgan fingerprint density at radius 2 is 0.872 bits per heavy atom. The number of aliphatic hydroxyl groups is 2. The fourth-order valence-electron chi connectivity index (χ4n) is 13.6. The maximum absolute atomic E-state index is 11.5. The lowest BCUT2D eigenvalue weighted by molar-refractivity contribution is 0.0328. The van der Waals surface area contributed by atoms with Gasteiger partial charge in [-0.1, -0.05) is 84.9 Å². The van der Waals surface area contributed by atoms with E-state index >= 15 is 0 Å². The normalized spacial score (nSPS) is 19.0. The Hall–Kier alpha value is -6.96. The fourth-order valence-corrected chi connectivity index (χ4v) is 13.6. The molecule has 400 valence electrons. The van der Waals surface area contributed by atoms with Crippen LogP contribution in [0.15, 0.2) is 134 Å². The molecule has 12 nitrogen and oxygen atoms in total. The molecule has 8 heterocycles. The van der Waals surface area contributed by atoms with Crippen molar-refractivity contribution in [1.82, 2.24) is 38.7 Å². The Morgan fingerprint density at radius 3 is 1.22 bits per heavy atom. The van der Waals surface area contributed by atoms with E-state index in [1.54, 1.807) is 0 Å². The summed E-state index contributed by atoms with van der Waals surface area (Å²) in [5.74, 6) is 1.50. The summed E-state index contributed by atoms with van der Waals surface area (Å²) in [6.07, 6.45) is 16.1. The monoisotopic (exact) mass is 1040 g/mol. The molecule has 0 amide bonds. The third kappa shape index (κ3) is 8.94.